The zero-order chi connectivity index (χ0) is 16.5. The van der Waals surface area contributed by atoms with E-state index in [2.05, 4.69) is 14.7 Å². The fraction of sp³-hybridized carbons (Fsp3) is 0.588. The van der Waals surface area contributed by atoms with Crippen molar-refractivity contribution in [2.45, 2.75) is 32.9 Å². The largest absolute Gasteiger partial charge is 0.381 e. The molecular weight excluding hydrogens is 308 g/mol. The quantitative estimate of drug-likeness (QED) is 0.837. The Labute approximate surface area is 140 Å². The topological polar surface area (TPSA) is 73.4 Å². The molecule has 0 N–H and O–H groups in total. The first kappa shape index (κ1) is 15.4. The minimum absolute atomic E-state index is 0.115. The Hall–Kier alpha value is -2.15. The summed E-state index contributed by atoms with van der Waals surface area (Å²) in [7, 11) is 0. The summed E-state index contributed by atoms with van der Waals surface area (Å²) in [6.45, 7) is 5.23. The molecule has 2 aliphatic rings. The van der Waals surface area contributed by atoms with Gasteiger partial charge in [0.25, 0.3) is 5.91 Å². The van der Waals surface area contributed by atoms with Gasteiger partial charge >= 0.3 is 0 Å². The molecule has 2 aromatic heterocycles. The minimum Gasteiger partial charge on any atom is -0.381 e. The second-order valence-electron chi connectivity index (χ2n) is 6.85. The molecule has 0 saturated heterocycles. The molecule has 7 nitrogen and oxygen atoms in total. The Kier molecular flexibility index (Phi) is 4.10. The Bertz CT molecular complexity index is 719. The van der Waals surface area contributed by atoms with E-state index >= 15 is 0 Å². The number of imidazole rings is 1. The molecule has 1 fully saturated rings. The van der Waals surface area contributed by atoms with Crippen LogP contribution in [0.4, 0.5) is 0 Å². The van der Waals surface area contributed by atoms with Crippen LogP contribution in [0.15, 0.2) is 23.0 Å². The van der Waals surface area contributed by atoms with Gasteiger partial charge in [-0.15, -0.1) is 0 Å². The molecule has 4 rings (SSSR count). The maximum Gasteiger partial charge on any atom is 0.276 e. The molecule has 3 heterocycles. The smallest absolute Gasteiger partial charge is 0.276 e. The van der Waals surface area contributed by atoms with Crippen molar-refractivity contribution >= 4 is 5.91 Å². The fourth-order valence-corrected chi connectivity index (χ4v) is 3.12. The summed E-state index contributed by atoms with van der Waals surface area (Å²) in [6.07, 6.45) is 6.32. The zero-order valence-electron chi connectivity index (χ0n) is 13.9. The number of hydrogen-bond donors (Lipinski definition) is 0. The van der Waals surface area contributed by atoms with E-state index in [1.807, 2.05) is 6.20 Å². The molecule has 7 heteroatoms. The summed E-state index contributed by atoms with van der Waals surface area (Å²) >= 11 is 0. The van der Waals surface area contributed by atoms with Crippen LogP contribution < -0.4 is 0 Å². The Morgan fingerprint density at radius 1 is 1.33 bits per heavy atom. The molecule has 0 radical (unpaired) electrons. The number of hydrogen-bond acceptors (Lipinski definition) is 5. The number of ether oxygens (including phenoxy) is 1. The lowest BCUT2D eigenvalue weighted by Gasteiger charge is -2.23. The van der Waals surface area contributed by atoms with Gasteiger partial charge in [-0.05, 0) is 25.7 Å². The minimum atomic E-state index is -0.115. The standard InChI is InChI=1S/C17H22N4O3/c1-12-6-15(19-24-12)17(22)21-8-14(11-23-10-13-2-3-13)7-20-5-4-18-16(20)9-21/h4-6,13-14H,2-3,7-11H2,1H3. The molecule has 1 unspecified atom stereocenters. The molecular formula is C17H22N4O3. The fourth-order valence-electron chi connectivity index (χ4n) is 3.12. The third kappa shape index (κ3) is 3.36. The van der Waals surface area contributed by atoms with Crippen molar-refractivity contribution in [3.63, 3.8) is 0 Å². The van der Waals surface area contributed by atoms with Crippen LogP contribution in [-0.2, 0) is 17.8 Å². The lowest BCUT2D eigenvalue weighted by atomic mass is 10.1. The summed E-state index contributed by atoms with van der Waals surface area (Å²) < 4.78 is 13.0. The summed E-state index contributed by atoms with van der Waals surface area (Å²) in [5, 5.41) is 3.86. The average Bonchev–Trinajstić information content (AvgIpc) is 3.19. The van der Waals surface area contributed by atoms with Gasteiger partial charge < -0.3 is 18.7 Å². The Morgan fingerprint density at radius 3 is 2.92 bits per heavy atom. The number of rotatable bonds is 5. The third-order valence-electron chi connectivity index (χ3n) is 4.61. The molecule has 0 bridgehead atoms. The highest BCUT2D eigenvalue weighted by Crippen LogP contribution is 2.29. The van der Waals surface area contributed by atoms with Crippen LogP contribution in [0.1, 0.15) is 34.9 Å². The van der Waals surface area contributed by atoms with Crippen LogP contribution in [0.25, 0.3) is 0 Å². The van der Waals surface area contributed by atoms with Crippen molar-refractivity contribution in [1.82, 2.24) is 19.6 Å². The lowest BCUT2D eigenvalue weighted by Crippen LogP contribution is -2.35. The Morgan fingerprint density at radius 2 is 2.17 bits per heavy atom. The van der Waals surface area contributed by atoms with Crippen LogP contribution in [0.5, 0.6) is 0 Å². The van der Waals surface area contributed by atoms with Gasteiger partial charge in [0.15, 0.2) is 5.69 Å². The lowest BCUT2D eigenvalue weighted by molar-refractivity contribution is 0.0564. The molecule has 1 amide bonds. The van der Waals surface area contributed by atoms with Gasteiger partial charge in [0, 0.05) is 44.1 Å². The summed E-state index contributed by atoms with van der Waals surface area (Å²) in [6, 6.07) is 1.68. The van der Waals surface area contributed by atoms with E-state index in [1.165, 1.54) is 12.8 Å². The maximum atomic E-state index is 12.8. The second kappa shape index (κ2) is 6.39. The van der Waals surface area contributed by atoms with Crippen molar-refractivity contribution in [1.29, 1.82) is 0 Å². The predicted molar refractivity (Wildman–Crippen MR) is 85.2 cm³/mol. The van der Waals surface area contributed by atoms with Gasteiger partial charge in [-0.3, -0.25) is 4.79 Å². The van der Waals surface area contributed by atoms with Gasteiger partial charge in [0.1, 0.15) is 11.6 Å². The highest BCUT2D eigenvalue weighted by molar-refractivity contribution is 5.92. The van der Waals surface area contributed by atoms with Crippen molar-refractivity contribution in [2.24, 2.45) is 11.8 Å². The maximum absolute atomic E-state index is 12.8. The third-order valence-corrected chi connectivity index (χ3v) is 4.61. The van der Waals surface area contributed by atoms with E-state index in [0.717, 1.165) is 24.9 Å². The Balaban J connectivity index is 1.48. The molecule has 128 valence electrons. The van der Waals surface area contributed by atoms with Gasteiger partial charge in [0.05, 0.1) is 13.2 Å². The number of aryl methyl sites for hydroxylation is 1. The van der Waals surface area contributed by atoms with E-state index < -0.39 is 0 Å². The SMILES string of the molecule is Cc1cc(C(=O)N2Cc3nccn3CC(COCC3CC3)C2)no1. The van der Waals surface area contributed by atoms with Crippen molar-refractivity contribution in [3.05, 3.63) is 35.7 Å². The number of amides is 1. The monoisotopic (exact) mass is 330 g/mol. The number of nitrogens with zero attached hydrogens (tertiary/aromatic N) is 4. The number of carbonyl (C=O) groups excluding carboxylic acids is 1. The van der Waals surface area contributed by atoms with Gasteiger partial charge in [-0.1, -0.05) is 5.16 Å². The highest BCUT2D eigenvalue weighted by Gasteiger charge is 2.29. The molecule has 1 atom stereocenters. The summed E-state index contributed by atoms with van der Waals surface area (Å²) in [4.78, 5) is 18.9. The van der Waals surface area contributed by atoms with Gasteiger partial charge in [-0.25, -0.2) is 4.98 Å². The predicted octanol–water partition coefficient (Wildman–Crippen LogP) is 1.88. The average molecular weight is 330 g/mol. The zero-order valence-corrected chi connectivity index (χ0v) is 13.9. The van der Waals surface area contributed by atoms with Crippen LogP contribution in [0.3, 0.4) is 0 Å². The van der Waals surface area contributed by atoms with E-state index in [-0.39, 0.29) is 11.8 Å². The molecule has 1 aliphatic heterocycles. The van der Waals surface area contributed by atoms with Crippen LogP contribution in [0, 0.1) is 18.8 Å². The molecule has 1 aliphatic carbocycles. The van der Waals surface area contributed by atoms with E-state index in [4.69, 9.17) is 9.26 Å². The number of carbonyl (C=O) groups is 1. The normalized spacial score (nSPS) is 20.7. The van der Waals surface area contributed by atoms with E-state index in [9.17, 15) is 4.79 Å². The van der Waals surface area contributed by atoms with Crippen molar-refractivity contribution in [3.8, 4) is 0 Å². The summed E-state index contributed by atoms with van der Waals surface area (Å²) in [5.41, 5.74) is 0.352. The molecule has 0 aromatic carbocycles. The first-order valence-electron chi connectivity index (χ1n) is 8.49. The van der Waals surface area contributed by atoms with Crippen LogP contribution in [-0.4, -0.2) is 45.3 Å². The van der Waals surface area contributed by atoms with E-state index in [1.54, 1.807) is 24.1 Å². The number of fused-ring (bicyclic) bond motifs is 1. The van der Waals surface area contributed by atoms with E-state index in [0.29, 0.717) is 31.2 Å². The van der Waals surface area contributed by atoms with Crippen molar-refractivity contribution in [2.75, 3.05) is 19.8 Å². The molecule has 1 saturated carbocycles. The molecule has 24 heavy (non-hydrogen) atoms. The van der Waals surface area contributed by atoms with Gasteiger partial charge in [0.2, 0.25) is 0 Å². The van der Waals surface area contributed by atoms with Crippen LogP contribution >= 0.6 is 0 Å². The first-order chi connectivity index (χ1) is 11.7. The molecule has 2 aromatic rings. The van der Waals surface area contributed by atoms with Crippen molar-refractivity contribution < 1.29 is 14.1 Å². The van der Waals surface area contributed by atoms with Gasteiger partial charge in [-0.2, -0.15) is 0 Å². The summed E-state index contributed by atoms with van der Waals surface area (Å²) in [5.74, 6) is 2.41. The highest BCUT2D eigenvalue weighted by atomic mass is 16.5. The van der Waals surface area contributed by atoms with Crippen LogP contribution in [0.2, 0.25) is 0 Å². The molecule has 0 spiro atoms. The first-order valence-corrected chi connectivity index (χ1v) is 8.49. The number of aromatic nitrogens is 3. The second-order valence-corrected chi connectivity index (χ2v) is 6.85.